The SMILES string of the molecule is Cc1ccc(C(=O)NC(=S)Nc2ccc(N3CCN(C(=O)c4ccco4)CC3)cc2)cc1C. The van der Waals surface area contributed by atoms with Gasteiger partial charge in [0.15, 0.2) is 10.9 Å². The molecule has 1 saturated heterocycles. The molecule has 1 fully saturated rings. The molecule has 0 spiro atoms. The van der Waals surface area contributed by atoms with Crippen molar-refractivity contribution < 1.29 is 14.0 Å². The Morgan fingerprint density at radius 1 is 0.939 bits per heavy atom. The molecule has 0 unspecified atom stereocenters. The molecule has 4 rings (SSSR count). The van der Waals surface area contributed by atoms with Crippen LogP contribution in [0, 0.1) is 13.8 Å². The van der Waals surface area contributed by atoms with Gasteiger partial charge in [0.05, 0.1) is 6.26 Å². The van der Waals surface area contributed by atoms with Crippen molar-refractivity contribution in [2.24, 2.45) is 0 Å². The molecular formula is C25H26N4O3S. The predicted octanol–water partition coefficient (Wildman–Crippen LogP) is 3.99. The topological polar surface area (TPSA) is 77.8 Å². The summed E-state index contributed by atoms with van der Waals surface area (Å²) < 4.78 is 5.22. The first-order valence-electron chi connectivity index (χ1n) is 10.8. The molecule has 1 aliphatic heterocycles. The maximum atomic E-state index is 12.4. The van der Waals surface area contributed by atoms with Crippen molar-refractivity contribution >= 4 is 40.5 Å². The Morgan fingerprint density at radius 3 is 2.30 bits per heavy atom. The smallest absolute Gasteiger partial charge is 0.289 e. The Labute approximate surface area is 198 Å². The fourth-order valence-electron chi connectivity index (χ4n) is 3.70. The monoisotopic (exact) mass is 462 g/mol. The van der Waals surface area contributed by atoms with Crippen LogP contribution < -0.4 is 15.5 Å². The fourth-order valence-corrected chi connectivity index (χ4v) is 3.91. The standard InChI is InChI=1S/C25H26N4O3S/c1-17-5-6-19(16-18(17)2)23(30)27-25(33)26-20-7-9-21(10-8-20)28-11-13-29(14-12-28)24(31)22-4-3-15-32-22/h3-10,15-16H,11-14H2,1-2H3,(H2,26,27,30,33). The van der Waals surface area contributed by atoms with Crippen LogP contribution in [0.2, 0.25) is 0 Å². The molecule has 0 atom stereocenters. The molecule has 7 nitrogen and oxygen atoms in total. The van der Waals surface area contributed by atoms with Crippen molar-refractivity contribution in [3.63, 3.8) is 0 Å². The zero-order valence-corrected chi connectivity index (χ0v) is 19.4. The number of thiocarbonyl (C=S) groups is 1. The van der Waals surface area contributed by atoms with Gasteiger partial charge in [-0.25, -0.2) is 0 Å². The van der Waals surface area contributed by atoms with Gasteiger partial charge in [-0.15, -0.1) is 0 Å². The van der Waals surface area contributed by atoms with Gasteiger partial charge >= 0.3 is 0 Å². The van der Waals surface area contributed by atoms with Crippen LogP contribution in [0.3, 0.4) is 0 Å². The van der Waals surface area contributed by atoms with E-state index in [1.54, 1.807) is 18.2 Å². The van der Waals surface area contributed by atoms with E-state index in [9.17, 15) is 9.59 Å². The Kier molecular flexibility index (Phi) is 6.74. The van der Waals surface area contributed by atoms with E-state index in [4.69, 9.17) is 16.6 Å². The number of carbonyl (C=O) groups excluding carboxylic acids is 2. The van der Waals surface area contributed by atoms with Crippen LogP contribution in [-0.4, -0.2) is 48.0 Å². The van der Waals surface area contributed by atoms with Gasteiger partial charge in [0, 0.05) is 43.1 Å². The molecule has 170 valence electrons. The van der Waals surface area contributed by atoms with Crippen LogP contribution in [0.15, 0.2) is 65.3 Å². The molecule has 3 aromatic rings. The lowest BCUT2D eigenvalue weighted by atomic mass is 10.1. The van der Waals surface area contributed by atoms with Crippen LogP contribution >= 0.6 is 12.2 Å². The zero-order valence-electron chi connectivity index (χ0n) is 18.6. The van der Waals surface area contributed by atoms with Crippen molar-refractivity contribution in [2.75, 3.05) is 36.4 Å². The highest BCUT2D eigenvalue weighted by Crippen LogP contribution is 2.20. The number of hydrogen-bond acceptors (Lipinski definition) is 5. The molecule has 0 bridgehead atoms. The van der Waals surface area contributed by atoms with Crippen molar-refractivity contribution in [2.45, 2.75) is 13.8 Å². The molecule has 2 aromatic carbocycles. The number of nitrogens with zero attached hydrogens (tertiary/aromatic N) is 2. The van der Waals surface area contributed by atoms with Crippen LogP contribution in [-0.2, 0) is 0 Å². The number of carbonyl (C=O) groups is 2. The Bertz CT molecular complexity index is 1150. The minimum absolute atomic E-state index is 0.0736. The molecule has 8 heteroatoms. The number of nitrogens with one attached hydrogen (secondary N) is 2. The second-order valence-corrected chi connectivity index (χ2v) is 8.42. The summed E-state index contributed by atoms with van der Waals surface area (Å²) in [6.07, 6.45) is 1.51. The number of rotatable bonds is 4. The van der Waals surface area contributed by atoms with Crippen molar-refractivity contribution in [1.82, 2.24) is 10.2 Å². The molecule has 0 radical (unpaired) electrons. The molecule has 1 aliphatic rings. The van der Waals surface area contributed by atoms with E-state index in [2.05, 4.69) is 15.5 Å². The molecule has 33 heavy (non-hydrogen) atoms. The molecular weight excluding hydrogens is 436 g/mol. The number of benzene rings is 2. The summed E-state index contributed by atoms with van der Waals surface area (Å²) in [6.45, 7) is 6.73. The summed E-state index contributed by atoms with van der Waals surface area (Å²) in [4.78, 5) is 28.9. The van der Waals surface area contributed by atoms with Crippen molar-refractivity contribution in [1.29, 1.82) is 0 Å². The number of anilines is 2. The zero-order chi connectivity index (χ0) is 23.4. The van der Waals surface area contributed by atoms with Crippen molar-refractivity contribution in [3.05, 3.63) is 83.3 Å². The molecule has 2 heterocycles. The Hall–Kier alpha value is -3.65. The predicted molar refractivity (Wildman–Crippen MR) is 133 cm³/mol. The second kappa shape index (κ2) is 9.87. The first-order valence-corrected chi connectivity index (χ1v) is 11.2. The number of furan rings is 1. The van der Waals surface area contributed by atoms with E-state index in [0.717, 1.165) is 35.6 Å². The third-order valence-corrected chi connectivity index (χ3v) is 5.99. The van der Waals surface area contributed by atoms with E-state index in [-0.39, 0.29) is 16.9 Å². The van der Waals surface area contributed by atoms with E-state index < -0.39 is 0 Å². The molecule has 1 aromatic heterocycles. The highest BCUT2D eigenvalue weighted by Gasteiger charge is 2.23. The number of aryl methyl sites for hydroxylation is 2. The summed E-state index contributed by atoms with van der Waals surface area (Å²) in [5.74, 6) is 0.0594. The quantitative estimate of drug-likeness (QED) is 0.571. The first-order chi connectivity index (χ1) is 15.9. The van der Waals surface area contributed by atoms with Crippen LogP contribution in [0.25, 0.3) is 0 Å². The van der Waals surface area contributed by atoms with Gasteiger partial charge in [-0.05, 0) is 85.7 Å². The van der Waals surface area contributed by atoms with E-state index >= 15 is 0 Å². The van der Waals surface area contributed by atoms with Gasteiger partial charge in [-0.3, -0.25) is 14.9 Å². The number of amides is 2. The van der Waals surface area contributed by atoms with Gasteiger partial charge in [-0.2, -0.15) is 0 Å². The van der Waals surface area contributed by atoms with Crippen LogP contribution in [0.5, 0.6) is 0 Å². The minimum Gasteiger partial charge on any atom is -0.459 e. The van der Waals surface area contributed by atoms with E-state index in [1.165, 1.54) is 6.26 Å². The highest BCUT2D eigenvalue weighted by molar-refractivity contribution is 7.80. The lowest BCUT2D eigenvalue weighted by Gasteiger charge is -2.35. The second-order valence-electron chi connectivity index (χ2n) is 8.01. The van der Waals surface area contributed by atoms with Gasteiger partial charge in [0.1, 0.15) is 0 Å². The highest BCUT2D eigenvalue weighted by atomic mass is 32.1. The summed E-state index contributed by atoms with van der Waals surface area (Å²) in [5.41, 5.74) is 4.62. The van der Waals surface area contributed by atoms with Gasteiger partial charge in [0.25, 0.3) is 11.8 Å². The van der Waals surface area contributed by atoms with Gasteiger partial charge in [0.2, 0.25) is 0 Å². The average molecular weight is 463 g/mol. The third kappa shape index (κ3) is 5.40. The summed E-state index contributed by atoms with van der Waals surface area (Å²) in [6, 6.07) is 16.8. The molecule has 2 N–H and O–H groups in total. The summed E-state index contributed by atoms with van der Waals surface area (Å²) in [5, 5.41) is 6.02. The van der Waals surface area contributed by atoms with E-state index in [0.29, 0.717) is 24.4 Å². The molecule has 0 aliphatic carbocycles. The Morgan fingerprint density at radius 2 is 1.67 bits per heavy atom. The first kappa shape index (κ1) is 22.5. The van der Waals surface area contributed by atoms with E-state index in [1.807, 2.05) is 55.1 Å². The largest absolute Gasteiger partial charge is 0.459 e. The minimum atomic E-state index is -0.241. The van der Waals surface area contributed by atoms with Gasteiger partial charge < -0.3 is 19.5 Å². The lowest BCUT2D eigenvalue weighted by molar-refractivity contribution is 0.0714. The maximum absolute atomic E-state index is 12.4. The van der Waals surface area contributed by atoms with Gasteiger partial charge in [-0.1, -0.05) is 6.07 Å². The molecule has 2 amide bonds. The number of hydrogen-bond donors (Lipinski definition) is 2. The van der Waals surface area contributed by atoms with Crippen LogP contribution in [0.1, 0.15) is 32.0 Å². The normalized spacial score (nSPS) is 13.5. The van der Waals surface area contributed by atoms with Crippen LogP contribution in [0.4, 0.5) is 11.4 Å². The average Bonchev–Trinajstić information content (AvgIpc) is 3.36. The summed E-state index contributed by atoms with van der Waals surface area (Å²) >= 11 is 5.30. The maximum Gasteiger partial charge on any atom is 0.289 e. The lowest BCUT2D eigenvalue weighted by Crippen LogP contribution is -2.48. The summed E-state index contributed by atoms with van der Waals surface area (Å²) in [7, 11) is 0. The van der Waals surface area contributed by atoms with Crippen molar-refractivity contribution in [3.8, 4) is 0 Å². The fraction of sp³-hybridized carbons (Fsp3) is 0.240. The molecule has 0 saturated carbocycles. The Balaban J connectivity index is 1.28. The number of piperazine rings is 1. The third-order valence-electron chi connectivity index (χ3n) is 5.79.